The Morgan fingerprint density at radius 3 is 2.69 bits per heavy atom. The normalized spacial score (nSPS) is 19.9. The van der Waals surface area contributed by atoms with Gasteiger partial charge in [0.1, 0.15) is 12.6 Å². The fourth-order valence-corrected chi connectivity index (χ4v) is 5.89. The molecule has 3 rings (SSSR count). The van der Waals surface area contributed by atoms with Gasteiger partial charge in [-0.1, -0.05) is 36.4 Å². The molecular formula is C23H28N2O5S2. The summed E-state index contributed by atoms with van der Waals surface area (Å²) in [6.45, 7) is 1.95. The third kappa shape index (κ3) is 6.82. The number of aliphatic carboxylic acids is 1. The van der Waals surface area contributed by atoms with Crippen LogP contribution in [0.1, 0.15) is 29.0 Å². The molecule has 1 aliphatic heterocycles. The summed E-state index contributed by atoms with van der Waals surface area (Å²) in [6, 6.07) is 12.4. The van der Waals surface area contributed by atoms with Crippen molar-refractivity contribution in [1.29, 1.82) is 0 Å². The Morgan fingerprint density at radius 1 is 1.25 bits per heavy atom. The standard InChI is InChI=1S/C23H28N2O5S2/c1-2-30-23(29)17(11-10-16-7-4-3-5-8-16)24-18-15-32-20(19-9-6-12-31-19)13-25(22(18)28)14-21(26)27/h3-9,12,17-18,20,24H,2,10-11,13-15H2,1H3,(H,26,27)/t17-,18-,20-/m1/s1. The van der Waals surface area contributed by atoms with Gasteiger partial charge in [-0.25, -0.2) is 0 Å². The van der Waals surface area contributed by atoms with Crippen LogP contribution in [0.3, 0.4) is 0 Å². The van der Waals surface area contributed by atoms with Gasteiger partial charge in [0.15, 0.2) is 0 Å². The minimum Gasteiger partial charge on any atom is -0.480 e. The Hall–Kier alpha value is -2.36. The third-order valence-electron chi connectivity index (χ3n) is 5.18. The van der Waals surface area contributed by atoms with Crippen LogP contribution >= 0.6 is 23.1 Å². The SMILES string of the molecule is CCOC(=O)[C@@H](CCc1ccccc1)N[C@@H]1CS[C@@H](c2cccs2)CN(CC(=O)O)C1=O. The van der Waals surface area contributed by atoms with Crippen molar-refractivity contribution >= 4 is 40.9 Å². The van der Waals surface area contributed by atoms with Gasteiger partial charge in [-0.2, -0.15) is 0 Å². The van der Waals surface area contributed by atoms with Crippen molar-refractivity contribution in [2.24, 2.45) is 0 Å². The van der Waals surface area contributed by atoms with Gasteiger partial charge in [-0.3, -0.25) is 19.7 Å². The van der Waals surface area contributed by atoms with Crippen LogP contribution in [-0.2, 0) is 25.5 Å². The van der Waals surface area contributed by atoms with Crippen LogP contribution in [0.4, 0.5) is 0 Å². The van der Waals surface area contributed by atoms with Crippen LogP contribution in [0.25, 0.3) is 0 Å². The number of thioether (sulfide) groups is 1. The zero-order valence-electron chi connectivity index (χ0n) is 17.9. The molecule has 172 valence electrons. The lowest BCUT2D eigenvalue weighted by Crippen LogP contribution is -2.53. The molecule has 1 amide bonds. The van der Waals surface area contributed by atoms with E-state index in [0.29, 0.717) is 25.1 Å². The molecule has 2 heterocycles. The summed E-state index contributed by atoms with van der Waals surface area (Å²) < 4.78 is 5.25. The minimum absolute atomic E-state index is 0.00420. The van der Waals surface area contributed by atoms with Crippen molar-refractivity contribution in [2.45, 2.75) is 37.1 Å². The monoisotopic (exact) mass is 476 g/mol. The largest absolute Gasteiger partial charge is 0.480 e. The molecule has 7 nitrogen and oxygen atoms in total. The Morgan fingerprint density at radius 2 is 2.03 bits per heavy atom. The van der Waals surface area contributed by atoms with E-state index in [1.54, 1.807) is 30.0 Å². The second-order valence-electron chi connectivity index (χ2n) is 7.50. The zero-order valence-corrected chi connectivity index (χ0v) is 19.6. The summed E-state index contributed by atoms with van der Waals surface area (Å²) in [5, 5.41) is 14.5. The van der Waals surface area contributed by atoms with Crippen molar-refractivity contribution in [1.82, 2.24) is 10.2 Å². The summed E-state index contributed by atoms with van der Waals surface area (Å²) >= 11 is 3.20. The van der Waals surface area contributed by atoms with Crippen LogP contribution in [-0.4, -0.2) is 65.4 Å². The number of amides is 1. The van der Waals surface area contributed by atoms with Gasteiger partial charge in [-0.15, -0.1) is 23.1 Å². The number of aryl methyl sites for hydroxylation is 1. The van der Waals surface area contributed by atoms with Crippen LogP contribution in [0, 0.1) is 0 Å². The number of carbonyl (C=O) groups is 3. The van der Waals surface area contributed by atoms with E-state index in [0.717, 1.165) is 10.4 Å². The van der Waals surface area contributed by atoms with E-state index in [4.69, 9.17) is 4.74 Å². The molecule has 0 radical (unpaired) electrons. The van der Waals surface area contributed by atoms with E-state index in [1.807, 2.05) is 47.8 Å². The number of rotatable bonds is 10. The first-order chi connectivity index (χ1) is 15.5. The Balaban J connectivity index is 1.75. The molecule has 9 heteroatoms. The van der Waals surface area contributed by atoms with Gasteiger partial charge in [0.2, 0.25) is 5.91 Å². The maximum Gasteiger partial charge on any atom is 0.323 e. The zero-order chi connectivity index (χ0) is 22.9. The summed E-state index contributed by atoms with van der Waals surface area (Å²) in [5.74, 6) is -1.31. The Kier molecular flexibility index (Phi) is 9.13. The summed E-state index contributed by atoms with van der Waals surface area (Å²) in [6.07, 6.45) is 1.13. The van der Waals surface area contributed by atoms with E-state index in [9.17, 15) is 19.5 Å². The van der Waals surface area contributed by atoms with Gasteiger partial charge in [-0.05, 0) is 36.8 Å². The van der Waals surface area contributed by atoms with E-state index in [1.165, 1.54) is 4.90 Å². The molecule has 2 aromatic rings. The van der Waals surface area contributed by atoms with Gasteiger partial charge in [0, 0.05) is 17.2 Å². The number of ether oxygens (including phenoxy) is 1. The molecule has 1 aromatic carbocycles. The van der Waals surface area contributed by atoms with Crippen molar-refractivity contribution < 1.29 is 24.2 Å². The van der Waals surface area contributed by atoms with Crippen molar-refractivity contribution in [3.8, 4) is 0 Å². The number of hydrogen-bond acceptors (Lipinski definition) is 7. The molecule has 0 aliphatic carbocycles. The highest BCUT2D eigenvalue weighted by Crippen LogP contribution is 2.35. The predicted molar refractivity (Wildman–Crippen MR) is 126 cm³/mol. The molecule has 1 aliphatic rings. The first kappa shape index (κ1) is 24.3. The van der Waals surface area contributed by atoms with Crippen molar-refractivity contribution in [3.05, 3.63) is 58.3 Å². The van der Waals surface area contributed by atoms with Gasteiger partial charge in [0.05, 0.1) is 17.9 Å². The minimum atomic E-state index is -1.06. The molecule has 32 heavy (non-hydrogen) atoms. The average Bonchev–Trinajstić information content (AvgIpc) is 3.27. The van der Waals surface area contributed by atoms with Crippen LogP contribution in [0.15, 0.2) is 47.8 Å². The number of carboxylic acids is 1. The molecule has 1 fully saturated rings. The summed E-state index contributed by atoms with van der Waals surface area (Å²) in [7, 11) is 0. The molecule has 1 aromatic heterocycles. The molecule has 1 saturated heterocycles. The number of esters is 1. The average molecular weight is 477 g/mol. The Labute approximate surface area is 196 Å². The van der Waals surface area contributed by atoms with E-state index in [-0.39, 0.29) is 24.3 Å². The number of nitrogens with zero attached hydrogens (tertiary/aromatic N) is 1. The maximum atomic E-state index is 13.2. The number of benzene rings is 1. The summed E-state index contributed by atoms with van der Waals surface area (Å²) in [5.41, 5.74) is 1.09. The topological polar surface area (TPSA) is 95.9 Å². The number of thiophene rings is 1. The number of carboxylic acid groups (broad SMARTS) is 1. The van der Waals surface area contributed by atoms with Gasteiger partial charge >= 0.3 is 11.9 Å². The lowest BCUT2D eigenvalue weighted by molar-refractivity contribution is -0.148. The van der Waals surface area contributed by atoms with Crippen LogP contribution in [0.5, 0.6) is 0 Å². The molecule has 0 bridgehead atoms. The first-order valence-electron chi connectivity index (χ1n) is 10.6. The Bertz CT molecular complexity index is 891. The third-order valence-corrected chi connectivity index (χ3v) is 7.65. The number of nitrogens with one attached hydrogen (secondary N) is 1. The van der Waals surface area contributed by atoms with E-state index < -0.39 is 24.0 Å². The maximum absolute atomic E-state index is 13.2. The highest BCUT2D eigenvalue weighted by molar-refractivity contribution is 7.99. The predicted octanol–water partition coefficient (Wildman–Crippen LogP) is 2.97. The highest BCUT2D eigenvalue weighted by Gasteiger charge is 2.36. The summed E-state index contributed by atoms with van der Waals surface area (Å²) in [4.78, 5) is 39.7. The number of hydrogen-bond donors (Lipinski definition) is 2. The molecule has 0 unspecified atom stereocenters. The smallest absolute Gasteiger partial charge is 0.323 e. The quantitative estimate of drug-likeness (QED) is 0.509. The fourth-order valence-electron chi connectivity index (χ4n) is 3.63. The lowest BCUT2D eigenvalue weighted by atomic mass is 10.0. The second-order valence-corrected chi connectivity index (χ2v) is 9.71. The molecule has 0 saturated carbocycles. The number of carbonyl (C=O) groups excluding carboxylic acids is 2. The van der Waals surface area contributed by atoms with Crippen molar-refractivity contribution in [2.75, 3.05) is 25.4 Å². The van der Waals surface area contributed by atoms with Crippen LogP contribution < -0.4 is 5.32 Å². The van der Waals surface area contributed by atoms with E-state index >= 15 is 0 Å². The fraction of sp³-hybridized carbons (Fsp3) is 0.435. The molecular weight excluding hydrogens is 448 g/mol. The van der Waals surface area contributed by atoms with E-state index in [2.05, 4.69) is 5.32 Å². The second kappa shape index (κ2) is 12.0. The molecule has 0 spiro atoms. The highest BCUT2D eigenvalue weighted by atomic mass is 32.2. The molecule has 3 atom stereocenters. The van der Waals surface area contributed by atoms with Gasteiger partial charge in [0.25, 0.3) is 0 Å². The first-order valence-corrected chi connectivity index (χ1v) is 12.5. The molecule has 2 N–H and O–H groups in total. The lowest BCUT2D eigenvalue weighted by Gasteiger charge is -2.26. The van der Waals surface area contributed by atoms with Gasteiger partial charge < -0.3 is 14.7 Å². The van der Waals surface area contributed by atoms with Crippen molar-refractivity contribution in [3.63, 3.8) is 0 Å². The van der Waals surface area contributed by atoms with Crippen LogP contribution in [0.2, 0.25) is 0 Å².